The van der Waals surface area contributed by atoms with Crippen molar-refractivity contribution in [3.63, 3.8) is 0 Å². The van der Waals surface area contributed by atoms with Crippen molar-refractivity contribution < 1.29 is 9.53 Å². The second kappa shape index (κ2) is 6.47. The molecule has 3 rings (SSSR count). The van der Waals surface area contributed by atoms with Crippen LogP contribution in [0.3, 0.4) is 0 Å². The molecule has 0 saturated carbocycles. The van der Waals surface area contributed by atoms with E-state index in [1.54, 1.807) is 25.3 Å². The third-order valence-corrected chi connectivity index (χ3v) is 5.21. The molecule has 2 saturated heterocycles. The van der Waals surface area contributed by atoms with Crippen molar-refractivity contribution in [1.29, 1.82) is 0 Å². The maximum atomic E-state index is 13.0. The van der Waals surface area contributed by atoms with Gasteiger partial charge in [-0.25, -0.2) is 0 Å². The van der Waals surface area contributed by atoms with Gasteiger partial charge in [0.1, 0.15) is 5.75 Å². The summed E-state index contributed by atoms with van der Waals surface area (Å²) in [7, 11) is 3.75. The predicted molar refractivity (Wildman–Crippen MR) is 87.7 cm³/mol. The number of carbonyl (C=O) groups is 1. The topological polar surface area (TPSA) is 32.8 Å². The largest absolute Gasteiger partial charge is 0.496 e. The summed E-state index contributed by atoms with van der Waals surface area (Å²) in [5, 5.41) is 0.585. The Kier molecular flexibility index (Phi) is 4.59. The number of nitrogens with zero attached hydrogens (tertiary/aromatic N) is 2. The van der Waals surface area contributed by atoms with Gasteiger partial charge in [0, 0.05) is 23.7 Å². The zero-order chi connectivity index (χ0) is 15.7. The molecule has 5 heteroatoms. The Bertz CT molecular complexity index is 564. The molecule has 0 bridgehead atoms. The number of likely N-dealkylation sites (tertiary alicyclic amines) is 2. The lowest BCUT2D eigenvalue weighted by atomic mass is 10.0. The standard InChI is InChI=1S/C17H23ClN2O2/c1-19-9-3-5-14(19)15-6-4-10-20(15)17(21)13-8-7-12(18)11-16(13)22-2/h7-8,11,14-15H,3-6,9-10H2,1-2H3/t14-,15+/m1/s1. The van der Waals surface area contributed by atoms with Crippen LogP contribution in [0.5, 0.6) is 5.75 Å². The molecule has 2 fully saturated rings. The van der Waals surface area contributed by atoms with Gasteiger partial charge in [-0.05, 0) is 57.5 Å². The molecule has 0 N–H and O–H groups in total. The van der Waals surface area contributed by atoms with Gasteiger partial charge >= 0.3 is 0 Å². The number of likely N-dealkylation sites (N-methyl/N-ethyl adjacent to an activating group) is 1. The summed E-state index contributed by atoms with van der Waals surface area (Å²) >= 11 is 6.00. The number of rotatable bonds is 3. The first-order valence-corrected chi connectivity index (χ1v) is 8.34. The average Bonchev–Trinajstić information content (AvgIpc) is 3.14. The highest BCUT2D eigenvalue weighted by Gasteiger charge is 2.39. The van der Waals surface area contributed by atoms with E-state index < -0.39 is 0 Å². The van der Waals surface area contributed by atoms with Gasteiger partial charge in [0.25, 0.3) is 5.91 Å². The molecule has 2 atom stereocenters. The number of halogens is 1. The SMILES string of the molecule is COc1cc(Cl)ccc1C(=O)N1CCC[C@H]1[C@H]1CCCN1C. The molecule has 22 heavy (non-hydrogen) atoms. The van der Waals surface area contributed by atoms with Gasteiger partial charge in [0.15, 0.2) is 0 Å². The van der Waals surface area contributed by atoms with Crippen LogP contribution in [0.2, 0.25) is 5.02 Å². The lowest BCUT2D eigenvalue weighted by Crippen LogP contribution is -2.47. The number of ether oxygens (including phenoxy) is 1. The Morgan fingerprint density at radius 3 is 2.64 bits per heavy atom. The molecule has 1 amide bonds. The summed E-state index contributed by atoms with van der Waals surface area (Å²) in [5.74, 6) is 0.624. The second-order valence-corrected chi connectivity index (χ2v) is 6.68. The van der Waals surface area contributed by atoms with E-state index in [-0.39, 0.29) is 5.91 Å². The minimum atomic E-state index is 0.0660. The van der Waals surface area contributed by atoms with Gasteiger partial charge in [-0.15, -0.1) is 0 Å². The van der Waals surface area contributed by atoms with Gasteiger partial charge in [0.2, 0.25) is 0 Å². The zero-order valence-electron chi connectivity index (χ0n) is 13.2. The van der Waals surface area contributed by atoms with Crippen LogP contribution in [0.1, 0.15) is 36.0 Å². The Balaban J connectivity index is 1.84. The van der Waals surface area contributed by atoms with E-state index in [0.717, 1.165) is 25.9 Å². The quantitative estimate of drug-likeness (QED) is 0.857. The normalized spacial score (nSPS) is 25.7. The fraction of sp³-hybridized carbons (Fsp3) is 0.588. The van der Waals surface area contributed by atoms with E-state index in [0.29, 0.717) is 28.4 Å². The van der Waals surface area contributed by atoms with E-state index in [1.165, 1.54) is 12.8 Å². The minimum absolute atomic E-state index is 0.0660. The van der Waals surface area contributed by atoms with Gasteiger partial charge < -0.3 is 14.5 Å². The first kappa shape index (κ1) is 15.6. The third kappa shape index (κ3) is 2.82. The van der Waals surface area contributed by atoms with Crippen molar-refractivity contribution in [1.82, 2.24) is 9.80 Å². The Hall–Kier alpha value is -1.26. The minimum Gasteiger partial charge on any atom is -0.496 e. The lowest BCUT2D eigenvalue weighted by Gasteiger charge is -2.33. The summed E-state index contributed by atoms with van der Waals surface area (Å²) in [6, 6.07) is 6.05. The molecular weight excluding hydrogens is 300 g/mol. The van der Waals surface area contributed by atoms with E-state index >= 15 is 0 Å². The molecule has 120 valence electrons. The van der Waals surface area contributed by atoms with Crippen LogP contribution < -0.4 is 4.74 Å². The molecule has 0 aromatic heterocycles. The summed E-state index contributed by atoms with van der Waals surface area (Å²) in [4.78, 5) is 17.4. The number of methoxy groups -OCH3 is 1. The van der Waals surface area contributed by atoms with Crippen molar-refractivity contribution in [3.05, 3.63) is 28.8 Å². The van der Waals surface area contributed by atoms with Crippen molar-refractivity contribution in [2.24, 2.45) is 0 Å². The zero-order valence-corrected chi connectivity index (χ0v) is 14.0. The van der Waals surface area contributed by atoms with Crippen LogP contribution >= 0.6 is 11.6 Å². The number of carbonyl (C=O) groups excluding carboxylic acids is 1. The molecule has 1 aromatic carbocycles. The summed E-state index contributed by atoms with van der Waals surface area (Å²) in [6.45, 7) is 1.97. The molecule has 2 aliphatic heterocycles. The Morgan fingerprint density at radius 2 is 1.95 bits per heavy atom. The molecule has 1 aromatic rings. The van der Waals surface area contributed by atoms with Crippen molar-refractivity contribution in [3.8, 4) is 5.75 Å². The summed E-state index contributed by atoms with van der Waals surface area (Å²) < 4.78 is 5.35. The summed E-state index contributed by atoms with van der Waals surface area (Å²) in [6.07, 6.45) is 4.58. The van der Waals surface area contributed by atoms with Crippen LogP contribution in [0.4, 0.5) is 0 Å². The molecule has 2 heterocycles. The van der Waals surface area contributed by atoms with Crippen molar-refractivity contribution in [2.75, 3.05) is 27.2 Å². The molecule has 4 nitrogen and oxygen atoms in total. The molecule has 0 radical (unpaired) electrons. The molecule has 0 aliphatic carbocycles. The maximum Gasteiger partial charge on any atom is 0.257 e. The monoisotopic (exact) mass is 322 g/mol. The van der Waals surface area contributed by atoms with Gasteiger partial charge in [-0.1, -0.05) is 11.6 Å². The van der Waals surface area contributed by atoms with Crippen LogP contribution in [0.15, 0.2) is 18.2 Å². The van der Waals surface area contributed by atoms with Crippen LogP contribution in [0.25, 0.3) is 0 Å². The Labute approximate surface area is 137 Å². The smallest absolute Gasteiger partial charge is 0.257 e. The van der Waals surface area contributed by atoms with E-state index in [9.17, 15) is 4.79 Å². The van der Waals surface area contributed by atoms with Gasteiger partial charge in [-0.3, -0.25) is 4.79 Å². The van der Waals surface area contributed by atoms with Crippen molar-refractivity contribution in [2.45, 2.75) is 37.8 Å². The van der Waals surface area contributed by atoms with Crippen LogP contribution in [0, 0.1) is 0 Å². The summed E-state index contributed by atoms with van der Waals surface area (Å²) in [5.41, 5.74) is 0.611. The van der Waals surface area contributed by atoms with E-state index in [1.807, 2.05) is 4.90 Å². The number of amides is 1. The fourth-order valence-electron chi connectivity index (χ4n) is 3.86. The van der Waals surface area contributed by atoms with Gasteiger partial charge in [-0.2, -0.15) is 0 Å². The highest BCUT2D eigenvalue weighted by molar-refractivity contribution is 6.30. The van der Waals surface area contributed by atoms with E-state index in [4.69, 9.17) is 16.3 Å². The van der Waals surface area contributed by atoms with Gasteiger partial charge in [0.05, 0.1) is 12.7 Å². The number of hydrogen-bond acceptors (Lipinski definition) is 3. The fourth-order valence-corrected chi connectivity index (χ4v) is 4.03. The van der Waals surface area contributed by atoms with Crippen LogP contribution in [-0.2, 0) is 0 Å². The molecular formula is C17H23ClN2O2. The molecule has 2 aliphatic rings. The number of benzene rings is 1. The average molecular weight is 323 g/mol. The van der Waals surface area contributed by atoms with Crippen LogP contribution in [-0.4, -0.2) is 55.0 Å². The number of hydrogen-bond donors (Lipinski definition) is 0. The lowest BCUT2D eigenvalue weighted by molar-refractivity contribution is 0.0661. The Morgan fingerprint density at radius 1 is 1.23 bits per heavy atom. The maximum absolute atomic E-state index is 13.0. The second-order valence-electron chi connectivity index (χ2n) is 6.24. The highest BCUT2D eigenvalue weighted by atomic mass is 35.5. The molecule has 0 unspecified atom stereocenters. The predicted octanol–water partition coefficient (Wildman–Crippen LogP) is 3.05. The highest BCUT2D eigenvalue weighted by Crippen LogP contribution is 2.32. The molecule has 0 spiro atoms. The third-order valence-electron chi connectivity index (χ3n) is 4.98. The first-order valence-electron chi connectivity index (χ1n) is 7.96. The van der Waals surface area contributed by atoms with Crippen molar-refractivity contribution >= 4 is 17.5 Å². The van der Waals surface area contributed by atoms with E-state index in [2.05, 4.69) is 11.9 Å². The first-order chi connectivity index (χ1) is 10.6.